The Bertz CT molecular complexity index is 131. The molecule has 0 saturated carbocycles. The minimum atomic E-state index is -4.67. The third-order valence-corrected chi connectivity index (χ3v) is 0.707. The summed E-state index contributed by atoms with van der Waals surface area (Å²) in [4.78, 5) is 0. The molecule has 0 radical (unpaired) electrons. The molecule has 0 amide bonds. The molecule has 0 aromatic carbocycles. The molecule has 58 valence electrons. The van der Waals surface area contributed by atoms with Crippen molar-refractivity contribution in [2.45, 2.75) is 24.9 Å². The van der Waals surface area contributed by atoms with E-state index < -0.39 is 10.4 Å². The van der Waals surface area contributed by atoms with Crippen LogP contribution >= 0.6 is 0 Å². The van der Waals surface area contributed by atoms with E-state index in [1.165, 1.54) is 17.9 Å². The Morgan fingerprint density at radius 2 is 1.70 bits per heavy atom. The van der Waals surface area contributed by atoms with Gasteiger partial charge in [0.15, 0.2) is 0 Å². The molecule has 0 bridgehead atoms. The van der Waals surface area contributed by atoms with Gasteiger partial charge in [0.25, 0.3) is 0 Å². The molecule has 0 spiro atoms. The molecule has 0 aliphatic heterocycles. The molecule has 0 fully saturated rings. The van der Waals surface area contributed by atoms with Gasteiger partial charge in [0.05, 0.1) is 0 Å². The molecule has 0 rings (SSSR count). The van der Waals surface area contributed by atoms with Crippen LogP contribution in [0.1, 0.15) is 19.8 Å². The van der Waals surface area contributed by atoms with Crippen LogP contribution in [0.3, 0.4) is 0 Å². The molecule has 0 aromatic heterocycles. The van der Waals surface area contributed by atoms with Gasteiger partial charge in [0.2, 0.25) is 0 Å². The maximum atomic E-state index is 8.74. The van der Waals surface area contributed by atoms with Crippen molar-refractivity contribution in [2.75, 3.05) is 0 Å². The number of hydrogen-bond donors (Lipinski definition) is 2. The van der Waals surface area contributed by atoms with Crippen molar-refractivity contribution >= 4 is 28.1 Å². The summed E-state index contributed by atoms with van der Waals surface area (Å²) >= 11 is 2.21. The topological polar surface area (TPSA) is 74.6 Å². The van der Waals surface area contributed by atoms with E-state index in [1.54, 1.807) is 0 Å². The summed E-state index contributed by atoms with van der Waals surface area (Å²) in [6.45, 7) is 2.21. The second-order valence-corrected chi connectivity index (χ2v) is 2.70. The van der Waals surface area contributed by atoms with Crippen LogP contribution in [-0.4, -0.2) is 35.2 Å². The molecule has 0 saturated heterocycles. The SMILES string of the molecule is O=S(=O)(O)O.[Li][CH2]CCC. The molecule has 4 nitrogen and oxygen atoms in total. The zero-order valence-electron chi connectivity index (χ0n) is 6.24. The molecule has 2 N–H and O–H groups in total. The summed E-state index contributed by atoms with van der Waals surface area (Å²) in [6, 6.07) is 0. The van der Waals surface area contributed by atoms with Crippen LogP contribution < -0.4 is 0 Å². The predicted octanol–water partition coefficient (Wildman–Crippen LogP) is 0.720. The van der Waals surface area contributed by atoms with Crippen LogP contribution in [-0.2, 0) is 10.4 Å². The Kier molecular flexibility index (Phi) is 9.91. The van der Waals surface area contributed by atoms with Crippen LogP contribution in [0.4, 0.5) is 0 Å². The Morgan fingerprint density at radius 3 is 1.70 bits per heavy atom. The third-order valence-electron chi connectivity index (χ3n) is 0.707. The maximum absolute atomic E-state index is 8.74. The van der Waals surface area contributed by atoms with Gasteiger partial charge in [-0.15, -0.1) is 0 Å². The third kappa shape index (κ3) is 77.6. The van der Waals surface area contributed by atoms with E-state index in [0.717, 1.165) is 0 Å². The first-order valence-electron chi connectivity index (χ1n) is 3.11. The zero-order chi connectivity index (χ0) is 8.62. The summed E-state index contributed by atoms with van der Waals surface area (Å²) in [7, 11) is -4.67. The Hall–Kier alpha value is 0.467. The van der Waals surface area contributed by atoms with Gasteiger partial charge < -0.3 is 0 Å². The number of hydrogen-bond acceptors (Lipinski definition) is 2. The van der Waals surface area contributed by atoms with E-state index in [2.05, 4.69) is 24.6 Å². The Morgan fingerprint density at radius 1 is 1.40 bits per heavy atom. The number of rotatable bonds is 2. The summed E-state index contributed by atoms with van der Waals surface area (Å²) in [5.41, 5.74) is 0. The van der Waals surface area contributed by atoms with E-state index in [9.17, 15) is 0 Å². The van der Waals surface area contributed by atoms with Gasteiger partial charge in [0, 0.05) is 0 Å². The predicted molar refractivity (Wildman–Crippen MR) is 39.6 cm³/mol. The van der Waals surface area contributed by atoms with Gasteiger partial charge in [-0.25, -0.2) is 0 Å². The average molecular weight is 162 g/mol. The zero-order valence-corrected chi connectivity index (χ0v) is 7.06. The molecule has 10 heavy (non-hydrogen) atoms. The quantitative estimate of drug-likeness (QED) is 0.463. The molecule has 0 aromatic rings. The van der Waals surface area contributed by atoms with Crippen molar-refractivity contribution in [1.29, 1.82) is 0 Å². The van der Waals surface area contributed by atoms with Gasteiger partial charge >= 0.3 is 53.0 Å². The standard InChI is InChI=1S/C4H9.Li.H2O4S/c1-3-4-2;;1-5(2,3)4/h1,3-4H2,2H3;;(H2,1,2,3,4). The van der Waals surface area contributed by atoms with Gasteiger partial charge in [-0.05, 0) is 0 Å². The average Bonchev–Trinajstić information content (AvgIpc) is 1.63. The van der Waals surface area contributed by atoms with Crippen molar-refractivity contribution < 1.29 is 17.5 Å². The van der Waals surface area contributed by atoms with Crippen LogP contribution in [0.15, 0.2) is 0 Å². The van der Waals surface area contributed by atoms with Crippen molar-refractivity contribution in [3.05, 3.63) is 0 Å². The van der Waals surface area contributed by atoms with Crippen molar-refractivity contribution in [3.8, 4) is 0 Å². The molecular formula is C4H11LiO4S. The van der Waals surface area contributed by atoms with Gasteiger partial charge in [0.1, 0.15) is 0 Å². The molecule has 0 heterocycles. The summed E-state index contributed by atoms with van der Waals surface area (Å²) in [6.07, 6.45) is 2.73. The molecule has 0 atom stereocenters. The van der Waals surface area contributed by atoms with E-state index in [4.69, 9.17) is 17.5 Å². The summed E-state index contributed by atoms with van der Waals surface area (Å²) in [5, 5.41) is 1.34. The first-order valence-corrected chi connectivity index (χ1v) is 4.51. The van der Waals surface area contributed by atoms with E-state index in [0.29, 0.717) is 0 Å². The first kappa shape index (κ1) is 13.1. The molecule has 0 aliphatic carbocycles. The molecule has 0 unspecified atom stereocenters. The second-order valence-electron chi connectivity index (χ2n) is 1.80. The fraction of sp³-hybridized carbons (Fsp3) is 1.00. The first-order chi connectivity index (χ1) is 4.41. The van der Waals surface area contributed by atoms with E-state index in [-0.39, 0.29) is 0 Å². The van der Waals surface area contributed by atoms with E-state index >= 15 is 0 Å². The molecular weight excluding hydrogens is 151 g/mol. The van der Waals surface area contributed by atoms with Crippen LogP contribution in [0, 0.1) is 0 Å². The van der Waals surface area contributed by atoms with Crippen molar-refractivity contribution in [1.82, 2.24) is 0 Å². The second kappa shape index (κ2) is 7.57. The van der Waals surface area contributed by atoms with Crippen LogP contribution in [0.25, 0.3) is 0 Å². The monoisotopic (exact) mass is 162 g/mol. The Labute approximate surface area is 70.8 Å². The summed E-state index contributed by atoms with van der Waals surface area (Å²) in [5.74, 6) is 0. The summed E-state index contributed by atoms with van der Waals surface area (Å²) < 4.78 is 31.6. The van der Waals surface area contributed by atoms with Gasteiger partial charge in [-0.1, -0.05) is 0 Å². The van der Waals surface area contributed by atoms with Gasteiger partial charge in [-0.3, -0.25) is 9.11 Å². The number of unbranched alkanes of at least 4 members (excludes halogenated alkanes) is 1. The van der Waals surface area contributed by atoms with Crippen molar-refractivity contribution in [3.63, 3.8) is 0 Å². The van der Waals surface area contributed by atoms with Crippen LogP contribution in [0.5, 0.6) is 0 Å². The fourth-order valence-electron chi connectivity index (χ4n) is 0.354. The normalized spacial score (nSPS) is 10.1. The van der Waals surface area contributed by atoms with E-state index in [1.807, 2.05) is 0 Å². The van der Waals surface area contributed by atoms with Crippen LogP contribution in [0.2, 0.25) is 5.09 Å². The van der Waals surface area contributed by atoms with Crippen molar-refractivity contribution in [2.24, 2.45) is 0 Å². The molecule has 6 heteroatoms. The van der Waals surface area contributed by atoms with Gasteiger partial charge in [-0.2, -0.15) is 8.42 Å². The Balaban J connectivity index is 0. The minimum absolute atomic E-state index is 1.34. The fourth-order valence-corrected chi connectivity index (χ4v) is 0.354. The molecule has 0 aliphatic rings.